The van der Waals surface area contributed by atoms with Crippen molar-refractivity contribution in [1.82, 2.24) is 4.90 Å². The molecule has 2 bridgehead atoms. The predicted octanol–water partition coefficient (Wildman–Crippen LogP) is 0.757. The number of amides is 1. The van der Waals surface area contributed by atoms with E-state index in [1.54, 1.807) is 6.08 Å². The van der Waals surface area contributed by atoms with Crippen LogP contribution < -0.4 is 5.11 Å². The molecule has 5 nitrogen and oxygen atoms in total. The standard InChI is InChI=1S/C19H25NO4/c1-10-6-11(2)13(12(3)7-10)8-20-9-19-5-4-14(24-19)15(18(22)23)16(19)17(20)21/h4-6,11-16H,7-9H2,1-3H3,(H,22,23)/p-1/t11-,12-,13-,14+,15-,16+,19-/m0/s1. The molecule has 1 amide bonds. The van der Waals surface area contributed by atoms with Crippen LogP contribution in [-0.4, -0.2) is 41.6 Å². The molecule has 4 rings (SSSR count). The third kappa shape index (κ3) is 2.10. The third-order valence-corrected chi connectivity index (χ3v) is 6.48. The van der Waals surface area contributed by atoms with Crippen molar-refractivity contribution in [2.24, 2.45) is 29.6 Å². The monoisotopic (exact) mass is 330 g/mol. The molecule has 3 aliphatic heterocycles. The van der Waals surface area contributed by atoms with Crippen LogP contribution in [-0.2, 0) is 14.3 Å². The SMILES string of the molecule is CC1=C[C@H](C)[C@H](CN2C[C@]34C=C[C@@H](O3)[C@H](C(=O)[O-])[C@@H]4C2=O)[C@@H](C)C1. The molecule has 0 unspecified atom stereocenters. The van der Waals surface area contributed by atoms with Crippen LogP contribution in [0.25, 0.3) is 0 Å². The van der Waals surface area contributed by atoms with Gasteiger partial charge in [0.25, 0.3) is 0 Å². The molecular weight excluding hydrogens is 306 g/mol. The Morgan fingerprint density at radius 2 is 2.21 bits per heavy atom. The highest BCUT2D eigenvalue weighted by Crippen LogP contribution is 2.52. The summed E-state index contributed by atoms with van der Waals surface area (Å²) in [5.74, 6) is -1.40. The molecule has 5 heteroatoms. The summed E-state index contributed by atoms with van der Waals surface area (Å²) in [6.07, 6.45) is 6.54. The van der Waals surface area contributed by atoms with Crippen LogP contribution in [0.4, 0.5) is 0 Å². The van der Waals surface area contributed by atoms with Crippen LogP contribution in [0.1, 0.15) is 27.2 Å². The summed E-state index contributed by atoms with van der Waals surface area (Å²) in [5, 5.41) is 11.5. The Balaban J connectivity index is 1.56. The summed E-state index contributed by atoms with van der Waals surface area (Å²) in [4.78, 5) is 26.3. The fourth-order valence-corrected chi connectivity index (χ4v) is 5.42. The number of nitrogens with zero attached hydrogens (tertiary/aromatic N) is 1. The van der Waals surface area contributed by atoms with Crippen LogP contribution >= 0.6 is 0 Å². The smallest absolute Gasteiger partial charge is 0.229 e. The van der Waals surface area contributed by atoms with Gasteiger partial charge in [0.15, 0.2) is 0 Å². The number of carboxylic acid groups (broad SMARTS) is 1. The molecule has 24 heavy (non-hydrogen) atoms. The van der Waals surface area contributed by atoms with Gasteiger partial charge in [-0.25, -0.2) is 0 Å². The second-order valence-corrected chi connectivity index (χ2v) is 8.16. The minimum absolute atomic E-state index is 0.0817. The van der Waals surface area contributed by atoms with Gasteiger partial charge in [-0.15, -0.1) is 0 Å². The van der Waals surface area contributed by atoms with E-state index < -0.39 is 29.5 Å². The number of ether oxygens (including phenoxy) is 1. The van der Waals surface area contributed by atoms with Crippen LogP contribution in [0.3, 0.4) is 0 Å². The van der Waals surface area contributed by atoms with E-state index in [0.29, 0.717) is 30.8 Å². The van der Waals surface area contributed by atoms with Gasteiger partial charge in [0.1, 0.15) is 5.60 Å². The quantitative estimate of drug-likeness (QED) is 0.716. The number of fused-ring (bicyclic) bond motifs is 1. The number of hydrogen-bond acceptors (Lipinski definition) is 4. The second kappa shape index (κ2) is 5.19. The molecular formula is C19H24NO4-. The number of likely N-dealkylation sites (tertiary alicyclic amines) is 1. The topological polar surface area (TPSA) is 69.7 Å². The van der Waals surface area contributed by atoms with Crippen molar-refractivity contribution in [2.75, 3.05) is 13.1 Å². The molecule has 1 aliphatic carbocycles. The lowest BCUT2D eigenvalue weighted by Gasteiger charge is -2.36. The third-order valence-electron chi connectivity index (χ3n) is 6.48. The zero-order chi connectivity index (χ0) is 17.2. The van der Waals surface area contributed by atoms with Gasteiger partial charge in [-0.1, -0.05) is 37.6 Å². The van der Waals surface area contributed by atoms with E-state index in [0.717, 1.165) is 6.42 Å². The average Bonchev–Trinajstić information content (AvgIpc) is 3.11. The van der Waals surface area contributed by atoms with Crippen molar-refractivity contribution in [3.05, 3.63) is 23.8 Å². The van der Waals surface area contributed by atoms with Crippen molar-refractivity contribution in [1.29, 1.82) is 0 Å². The maximum atomic E-state index is 12.9. The maximum Gasteiger partial charge on any atom is 0.229 e. The minimum atomic E-state index is -1.18. The fraction of sp³-hybridized carbons (Fsp3) is 0.684. The van der Waals surface area contributed by atoms with Gasteiger partial charge in [0, 0.05) is 18.4 Å². The van der Waals surface area contributed by atoms with E-state index in [9.17, 15) is 14.7 Å². The Kier molecular flexibility index (Phi) is 3.43. The van der Waals surface area contributed by atoms with Crippen molar-refractivity contribution >= 4 is 11.9 Å². The summed E-state index contributed by atoms with van der Waals surface area (Å²) >= 11 is 0. The molecule has 7 atom stereocenters. The molecule has 0 aromatic rings. The lowest BCUT2D eigenvalue weighted by molar-refractivity contribution is -0.313. The first-order valence-electron chi connectivity index (χ1n) is 8.86. The van der Waals surface area contributed by atoms with E-state index >= 15 is 0 Å². The Hall–Kier alpha value is -1.62. The Morgan fingerprint density at radius 3 is 2.88 bits per heavy atom. The van der Waals surface area contributed by atoms with Gasteiger partial charge in [-0.2, -0.15) is 0 Å². The summed E-state index contributed by atoms with van der Waals surface area (Å²) in [7, 11) is 0. The van der Waals surface area contributed by atoms with Gasteiger partial charge in [-0.3, -0.25) is 4.79 Å². The highest BCUT2D eigenvalue weighted by molar-refractivity contribution is 5.90. The van der Waals surface area contributed by atoms with Crippen LogP contribution in [0, 0.1) is 29.6 Å². The molecule has 2 saturated heterocycles. The normalized spacial score (nSPS) is 46.4. The largest absolute Gasteiger partial charge is 0.550 e. The molecule has 4 aliphatic rings. The number of carboxylic acids is 1. The second-order valence-electron chi connectivity index (χ2n) is 8.16. The summed E-state index contributed by atoms with van der Waals surface area (Å²) < 4.78 is 5.91. The van der Waals surface area contributed by atoms with Crippen molar-refractivity contribution in [3.63, 3.8) is 0 Å². The van der Waals surface area contributed by atoms with Crippen LogP contribution in [0.5, 0.6) is 0 Å². The predicted molar refractivity (Wildman–Crippen MR) is 85.5 cm³/mol. The van der Waals surface area contributed by atoms with E-state index in [-0.39, 0.29) is 5.91 Å². The summed E-state index contributed by atoms with van der Waals surface area (Å²) in [6, 6.07) is 0. The molecule has 0 aromatic carbocycles. The molecule has 0 radical (unpaired) electrons. The first-order valence-corrected chi connectivity index (χ1v) is 8.86. The molecule has 130 valence electrons. The number of carbonyl (C=O) groups excluding carboxylic acids is 2. The lowest BCUT2D eigenvalue weighted by atomic mass is 9.75. The first-order chi connectivity index (χ1) is 11.3. The molecule has 2 fully saturated rings. The number of aliphatic carboxylic acids is 1. The number of carbonyl (C=O) groups is 2. The molecule has 3 heterocycles. The highest BCUT2D eigenvalue weighted by Gasteiger charge is 2.65. The van der Waals surface area contributed by atoms with Gasteiger partial charge < -0.3 is 19.5 Å². The number of rotatable bonds is 3. The molecule has 0 N–H and O–H groups in total. The van der Waals surface area contributed by atoms with Gasteiger partial charge >= 0.3 is 0 Å². The summed E-state index contributed by atoms with van der Waals surface area (Å²) in [6.45, 7) is 7.74. The van der Waals surface area contributed by atoms with Crippen LogP contribution in [0.15, 0.2) is 23.8 Å². The number of allylic oxidation sites excluding steroid dienone is 2. The van der Waals surface area contributed by atoms with E-state index in [1.807, 2.05) is 11.0 Å². The molecule has 0 aromatic heterocycles. The Labute approximate surface area is 142 Å². The van der Waals surface area contributed by atoms with Gasteiger partial charge in [-0.05, 0) is 31.1 Å². The molecule has 0 saturated carbocycles. The minimum Gasteiger partial charge on any atom is -0.550 e. The highest BCUT2D eigenvalue weighted by atomic mass is 16.5. The van der Waals surface area contributed by atoms with Crippen LogP contribution in [0.2, 0.25) is 0 Å². The van der Waals surface area contributed by atoms with Crippen molar-refractivity contribution < 1.29 is 19.4 Å². The first kappa shape index (κ1) is 15.9. The van der Waals surface area contributed by atoms with E-state index in [1.165, 1.54) is 5.57 Å². The average molecular weight is 330 g/mol. The molecule has 1 spiro atoms. The van der Waals surface area contributed by atoms with E-state index in [2.05, 4.69) is 26.8 Å². The van der Waals surface area contributed by atoms with Gasteiger partial charge in [0.05, 0.1) is 18.6 Å². The number of hydrogen-bond donors (Lipinski definition) is 0. The zero-order valence-electron chi connectivity index (χ0n) is 14.4. The maximum absolute atomic E-state index is 12.9. The van der Waals surface area contributed by atoms with Crippen molar-refractivity contribution in [2.45, 2.75) is 38.9 Å². The summed E-state index contributed by atoms with van der Waals surface area (Å²) in [5.41, 5.74) is 0.663. The Bertz CT molecular complexity index is 654. The Morgan fingerprint density at radius 1 is 1.46 bits per heavy atom. The van der Waals surface area contributed by atoms with Crippen molar-refractivity contribution in [3.8, 4) is 0 Å². The fourth-order valence-electron chi connectivity index (χ4n) is 5.42. The lowest BCUT2D eigenvalue weighted by Crippen LogP contribution is -2.45. The van der Waals surface area contributed by atoms with Gasteiger partial charge in [0.2, 0.25) is 5.91 Å². The zero-order valence-corrected chi connectivity index (χ0v) is 14.4. The van der Waals surface area contributed by atoms with E-state index in [4.69, 9.17) is 4.74 Å².